The zero-order valence-electron chi connectivity index (χ0n) is 6.20. The minimum absolute atomic E-state index is 0.385. The summed E-state index contributed by atoms with van der Waals surface area (Å²) in [5.41, 5.74) is 6.16. The smallest absolute Gasteiger partial charge is 0.258 e. The molecule has 0 saturated heterocycles. The van der Waals surface area contributed by atoms with Crippen LogP contribution in [-0.4, -0.2) is 12.2 Å². The van der Waals surface area contributed by atoms with E-state index in [-0.39, 0.29) is 5.91 Å². The monoisotopic (exact) mass is 181 g/mol. The van der Waals surface area contributed by atoms with Crippen LogP contribution in [0, 0.1) is 0 Å². The number of hydrogen-bond donors (Lipinski definition) is 2. The van der Waals surface area contributed by atoms with Crippen LogP contribution in [0.3, 0.4) is 0 Å². The number of nitrogens with two attached hydrogens (primary N) is 1. The summed E-state index contributed by atoms with van der Waals surface area (Å²) in [5, 5.41) is 3.83. The SMILES string of the molecule is NC(=O)c1cc2c(s1)N=CNC2. The van der Waals surface area contributed by atoms with Gasteiger partial charge in [-0.2, -0.15) is 0 Å². The van der Waals surface area contributed by atoms with Crippen LogP contribution >= 0.6 is 11.3 Å². The van der Waals surface area contributed by atoms with Gasteiger partial charge in [-0.25, -0.2) is 4.99 Å². The minimum atomic E-state index is -0.385. The van der Waals surface area contributed by atoms with Gasteiger partial charge < -0.3 is 11.1 Å². The molecule has 62 valence electrons. The number of amides is 1. The van der Waals surface area contributed by atoms with Crippen LogP contribution in [0.1, 0.15) is 15.2 Å². The maximum Gasteiger partial charge on any atom is 0.258 e. The second-order valence-electron chi connectivity index (χ2n) is 2.44. The summed E-state index contributed by atoms with van der Waals surface area (Å²) in [4.78, 5) is 15.4. The van der Waals surface area contributed by atoms with Crippen LogP contribution in [0.2, 0.25) is 0 Å². The molecular formula is C7H7N3OS. The number of carbonyl (C=O) groups is 1. The lowest BCUT2D eigenvalue weighted by Crippen LogP contribution is -2.12. The number of fused-ring (bicyclic) bond motifs is 1. The van der Waals surface area contributed by atoms with Crippen molar-refractivity contribution in [1.82, 2.24) is 5.32 Å². The lowest BCUT2D eigenvalue weighted by molar-refractivity contribution is 0.100. The van der Waals surface area contributed by atoms with Gasteiger partial charge in [-0.05, 0) is 6.07 Å². The van der Waals surface area contributed by atoms with Crippen molar-refractivity contribution in [3.63, 3.8) is 0 Å². The molecule has 1 aliphatic heterocycles. The molecule has 0 fully saturated rings. The summed E-state index contributed by atoms with van der Waals surface area (Å²) < 4.78 is 0. The van der Waals surface area contributed by atoms with E-state index in [9.17, 15) is 4.79 Å². The second kappa shape index (κ2) is 2.60. The zero-order valence-corrected chi connectivity index (χ0v) is 7.02. The first-order valence-electron chi connectivity index (χ1n) is 3.46. The highest BCUT2D eigenvalue weighted by molar-refractivity contribution is 7.17. The van der Waals surface area contributed by atoms with Crippen molar-refractivity contribution in [3.05, 3.63) is 16.5 Å². The zero-order chi connectivity index (χ0) is 8.55. The summed E-state index contributed by atoms with van der Waals surface area (Å²) in [6, 6.07) is 1.78. The molecule has 3 N–H and O–H groups in total. The largest absolute Gasteiger partial charge is 0.372 e. The van der Waals surface area contributed by atoms with Crippen LogP contribution in [0.15, 0.2) is 11.1 Å². The Morgan fingerprint density at radius 1 is 1.75 bits per heavy atom. The van der Waals surface area contributed by atoms with Gasteiger partial charge in [0, 0.05) is 12.1 Å². The summed E-state index contributed by atoms with van der Waals surface area (Å²) >= 11 is 1.33. The molecule has 0 unspecified atom stereocenters. The molecule has 0 spiro atoms. The molecule has 2 rings (SSSR count). The first-order chi connectivity index (χ1) is 5.77. The fraction of sp³-hybridized carbons (Fsp3) is 0.143. The molecule has 0 bridgehead atoms. The molecule has 0 aliphatic carbocycles. The van der Waals surface area contributed by atoms with Crippen molar-refractivity contribution in [1.29, 1.82) is 0 Å². The molecule has 0 saturated carbocycles. The predicted molar refractivity (Wildman–Crippen MR) is 47.8 cm³/mol. The molecular weight excluding hydrogens is 174 g/mol. The lowest BCUT2D eigenvalue weighted by Gasteiger charge is -2.03. The number of nitrogens with one attached hydrogen (secondary N) is 1. The van der Waals surface area contributed by atoms with Crippen molar-refractivity contribution in [3.8, 4) is 0 Å². The number of hydrogen-bond acceptors (Lipinski definition) is 4. The topological polar surface area (TPSA) is 67.5 Å². The highest BCUT2D eigenvalue weighted by Crippen LogP contribution is 2.31. The Kier molecular flexibility index (Phi) is 1.58. The standard InChI is InChI=1S/C7H7N3OS/c8-6(11)5-1-4-2-9-3-10-7(4)12-5/h1,3H,2H2,(H2,8,11)(H,9,10). The molecule has 1 amide bonds. The van der Waals surface area contributed by atoms with E-state index in [1.807, 2.05) is 0 Å². The molecule has 1 aliphatic rings. The third kappa shape index (κ3) is 1.08. The highest BCUT2D eigenvalue weighted by atomic mass is 32.1. The van der Waals surface area contributed by atoms with Crippen LogP contribution in [0.5, 0.6) is 0 Å². The molecule has 4 nitrogen and oxygen atoms in total. The molecule has 12 heavy (non-hydrogen) atoms. The van der Waals surface area contributed by atoms with Crippen LogP contribution in [-0.2, 0) is 6.54 Å². The van der Waals surface area contributed by atoms with E-state index in [0.717, 1.165) is 17.1 Å². The molecule has 1 aromatic rings. The van der Waals surface area contributed by atoms with Gasteiger partial charge in [-0.1, -0.05) is 0 Å². The van der Waals surface area contributed by atoms with E-state index in [0.29, 0.717) is 4.88 Å². The van der Waals surface area contributed by atoms with E-state index >= 15 is 0 Å². The highest BCUT2D eigenvalue weighted by Gasteiger charge is 2.12. The molecule has 0 radical (unpaired) electrons. The number of aliphatic imine (C=N–C) groups is 1. The van der Waals surface area contributed by atoms with Gasteiger partial charge in [0.05, 0.1) is 11.2 Å². The van der Waals surface area contributed by atoms with Crippen LogP contribution in [0.4, 0.5) is 5.00 Å². The van der Waals surface area contributed by atoms with Gasteiger partial charge >= 0.3 is 0 Å². The van der Waals surface area contributed by atoms with Crippen molar-refractivity contribution < 1.29 is 4.79 Å². The number of carbonyl (C=O) groups excluding carboxylic acids is 1. The van der Waals surface area contributed by atoms with Gasteiger partial charge in [0.15, 0.2) is 0 Å². The fourth-order valence-electron chi connectivity index (χ4n) is 1.04. The summed E-state index contributed by atoms with van der Waals surface area (Å²) in [7, 11) is 0. The van der Waals surface area contributed by atoms with Crippen molar-refractivity contribution in [2.75, 3.05) is 0 Å². The third-order valence-electron chi connectivity index (χ3n) is 1.60. The Morgan fingerprint density at radius 2 is 2.58 bits per heavy atom. The molecule has 0 atom stereocenters. The second-order valence-corrected chi connectivity index (χ2v) is 3.48. The van der Waals surface area contributed by atoms with Crippen molar-refractivity contribution in [2.45, 2.75) is 6.54 Å². The average Bonchev–Trinajstić information content (AvgIpc) is 2.46. The van der Waals surface area contributed by atoms with Gasteiger partial charge in [0.1, 0.15) is 5.00 Å². The van der Waals surface area contributed by atoms with Crippen LogP contribution < -0.4 is 11.1 Å². The minimum Gasteiger partial charge on any atom is -0.372 e. The predicted octanol–water partition coefficient (Wildman–Crippen LogP) is 0.610. The molecule has 0 aromatic carbocycles. The third-order valence-corrected chi connectivity index (χ3v) is 2.70. The summed E-state index contributed by atoms with van der Waals surface area (Å²) in [5.74, 6) is -0.385. The van der Waals surface area contributed by atoms with E-state index in [2.05, 4.69) is 10.3 Å². The normalized spacial score (nSPS) is 13.7. The Hall–Kier alpha value is -1.36. The first-order valence-corrected chi connectivity index (χ1v) is 4.27. The van der Waals surface area contributed by atoms with Gasteiger partial charge in [-0.3, -0.25) is 4.79 Å². The van der Waals surface area contributed by atoms with Crippen LogP contribution in [0.25, 0.3) is 0 Å². The summed E-state index contributed by atoms with van der Waals surface area (Å²) in [6.07, 6.45) is 1.63. The number of rotatable bonds is 1. The average molecular weight is 181 g/mol. The number of thiophene rings is 1. The van der Waals surface area contributed by atoms with E-state index in [1.165, 1.54) is 11.3 Å². The van der Waals surface area contributed by atoms with E-state index < -0.39 is 0 Å². The number of nitrogens with zero attached hydrogens (tertiary/aromatic N) is 1. The summed E-state index contributed by atoms with van der Waals surface area (Å²) in [6.45, 7) is 0.725. The Balaban J connectivity index is 2.46. The van der Waals surface area contributed by atoms with Gasteiger partial charge in [0.2, 0.25) is 0 Å². The Bertz CT molecular complexity index is 356. The maximum atomic E-state index is 10.8. The fourth-order valence-corrected chi connectivity index (χ4v) is 1.91. The quantitative estimate of drug-likeness (QED) is 0.666. The van der Waals surface area contributed by atoms with Crippen molar-refractivity contribution in [2.24, 2.45) is 10.7 Å². The Morgan fingerprint density at radius 3 is 3.25 bits per heavy atom. The Labute approximate surface area is 73.1 Å². The number of primary amides is 1. The molecule has 1 aromatic heterocycles. The maximum absolute atomic E-state index is 10.8. The van der Waals surface area contributed by atoms with Gasteiger partial charge in [0.25, 0.3) is 5.91 Å². The van der Waals surface area contributed by atoms with E-state index in [4.69, 9.17) is 5.73 Å². The van der Waals surface area contributed by atoms with E-state index in [1.54, 1.807) is 12.4 Å². The molecule has 2 heterocycles. The first kappa shape index (κ1) is 7.30. The molecule has 5 heteroatoms. The van der Waals surface area contributed by atoms with Gasteiger partial charge in [-0.15, -0.1) is 11.3 Å². The van der Waals surface area contributed by atoms with Crippen molar-refractivity contribution >= 4 is 28.6 Å². The lowest BCUT2D eigenvalue weighted by atomic mass is 10.2.